The SMILES string of the molecule is C(=Nc1ccccc1-c1cc2ccccc2[nH]1)c1cc2ccccc2cc1C=Nc1ccccc1-c1cc2ccccc2[nH]1. The van der Waals surface area contributed by atoms with Crippen LogP contribution in [0.1, 0.15) is 11.1 Å². The zero-order valence-electron chi connectivity index (χ0n) is 23.9. The molecular weight excluding hydrogens is 536 g/mol. The maximum absolute atomic E-state index is 5.02. The Bertz CT molecular complexity index is 2120. The van der Waals surface area contributed by atoms with Crippen LogP contribution < -0.4 is 0 Å². The number of H-pyrrole nitrogens is 2. The summed E-state index contributed by atoms with van der Waals surface area (Å²) in [6, 6.07) is 50.3. The van der Waals surface area contributed by atoms with Crippen molar-refractivity contribution < 1.29 is 0 Å². The number of para-hydroxylation sites is 4. The van der Waals surface area contributed by atoms with Crippen molar-refractivity contribution in [1.82, 2.24) is 9.97 Å². The van der Waals surface area contributed by atoms with E-state index in [0.29, 0.717) is 0 Å². The van der Waals surface area contributed by atoms with E-state index < -0.39 is 0 Å². The van der Waals surface area contributed by atoms with Crippen molar-refractivity contribution in [3.63, 3.8) is 0 Å². The molecule has 0 fully saturated rings. The zero-order valence-corrected chi connectivity index (χ0v) is 23.9. The van der Waals surface area contributed by atoms with Crippen LogP contribution in [0, 0.1) is 0 Å². The van der Waals surface area contributed by atoms with E-state index in [-0.39, 0.29) is 0 Å². The number of hydrogen-bond donors (Lipinski definition) is 2. The average molecular weight is 565 g/mol. The second kappa shape index (κ2) is 11.0. The first kappa shape index (κ1) is 25.7. The van der Waals surface area contributed by atoms with E-state index in [1.54, 1.807) is 0 Å². The quantitative estimate of drug-likeness (QED) is 0.189. The van der Waals surface area contributed by atoms with Crippen molar-refractivity contribution in [2.75, 3.05) is 0 Å². The fraction of sp³-hybridized carbons (Fsp3) is 0. The number of fused-ring (bicyclic) bond motifs is 3. The maximum atomic E-state index is 5.02. The van der Waals surface area contributed by atoms with Crippen LogP contribution in [-0.4, -0.2) is 22.4 Å². The summed E-state index contributed by atoms with van der Waals surface area (Å²) >= 11 is 0. The molecule has 4 heteroatoms. The third kappa shape index (κ3) is 4.89. The van der Waals surface area contributed by atoms with Crippen LogP contribution in [0.5, 0.6) is 0 Å². The average Bonchev–Trinajstić information content (AvgIpc) is 3.71. The van der Waals surface area contributed by atoms with Crippen molar-refractivity contribution in [1.29, 1.82) is 0 Å². The summed E-state index contributed by atoms with van der Waals surface area (Å²) in [5, 5.41) is 4.69. The number of benzene rings is 6. The monoisotopic (exact) mass is 564 g/mol. The molecule has 8 aromatic rings. The third-order valence-electron chi connectivity index (χ3n) is 8.09. The molecule has 0 radical (unpaired) electrons. The van der Waals surface area contributed by atoms with Gasteiger partial charge < -0.3 is 9.97 Å². The molecule has 2 aromatic heterocycles. The zero-order chi connectivity index (χ0) is 29.3. The van der Waals surface area contributed by atoms with Gasteiger partial charge in [0.2, 0.25) is 0 Å². The number of nitrogens with zero attached hydrogens (tertiary/aromatic N) is 2. The van der Waals surface area contributed by atoms with Crippen molar-refractivity contribution in [3.05, 3.63) is 157 Å². The standard InChI is InChI=1S/C40H28N4/c1-2-12-28-22-32(26-42-38-20-10-6-16-34(38)40-24-30-14-4-8-18-36(30)44-40)31(21-27(28)11-1)25-41-37-19-9-5-15-33(37)39-23-29-13-3-7-17-35(29)43-39/h1-26,43-44H. The van der Waals surface area contributed by atoms with Crippen LogP contribution in [0.15, 0.2) is 156 Å². The predicted molar refractivity (Wildman–Crippen MR) is 186 cm³/mol. The van der Waals surface area contributed by atoms with Gasteiger partial charge in [-0.3, -0.25) is 9.98 Å². The van der Waals surface area contributed by atoms with Crippen molar-refractivity contribution >= 4 is 56.4 Å². The Morgan fingerprint density at radius 2 is 0.773 bits per heavy atom. The molecule has 6 aromatic carbocycles. The molecule has 0 aliphatic carbocycles. The molecule has 4 nitrogen and oxygen atoms in total. The van der Waals surface area contributed by atoms with E-state index in [2.05, 4.69) is 131 Å². The molecule has 2 heterocycles. The van der Waals surface area contributed by atoms with Gasteiger partial charge in [-0.05, 0) is 59.3 Å². The van der Waals surface area contributed by atoms with Crippen LogP contribution in [-0.2, 0) is 0 Å². The molecule has 0 bridgehead atoms. The molecule has 0 saturated heterocycles. The molecule has 2 N–H and O–H groups in total. The highest BCUT2D eigenvalue weighted by atomic mass is 14.8. The minimum atomic E-state index is 0.902. The van der Waals surface area contributed by atoms with Gasteiger partial charge >= 0.3 is 0 Å². The van der Waals surface area contributed by atoms with Gasteiger partial charge in [0, 0.05) is 67.9 Å². The second-order valence-corrected chi connectivity index (χ2v) is 10.9. The second-order valence-electron chi connectivity index (χ2n) is 10.9. The first-order chi connectivity index (χ1) is 21.8. The van der Waals surface area contributed by atoms with Gasteiger partial charge in [-0.1, -0.05) is 97.1 Å². The van der Waals surface area contributed by atoms with Crippen LogP contribution in [0.4, 0.5) is 11.4 Å². The highest BCUT2D eigenvalue weighted by Gasteiger charge is 2.10. The van der Waals surface area contributed by atoms with Gasteiger partial charge in [0.05, 0.1) is 11.4 Å². The molecule has 0 amide bonds. The van der Waals surface area contributed by atoms with Crippen LogP contribution >= 0.6 is 0 Å². The molecule has 0 aliphatic rings. The highest BCUT2D eigenvalue weighted by Crippen LogP contribution is 2.33. The van der Waals surface area contributed by atoms with Crippen LogP contribution in [0.3, 0.4) is 0 Å². The van der Waals surface area contributed by atoms with E-state index in [0.717, 1.165) is 66.8 Å². The smallest absolute Gasteiger partial charge is 0.0723 e. The first-order valence-corrected chi connectivity index (χ1v) is 14.7. The van der Waals surface area contributed by atoms with E-state index in [1.165, 1.54) is 10.8 Å². The molecule has 208 valence electrons. The normalized spacial score (nSPS) is 11.9. The van der Waals surface area contributed by atoms with E-state index in [1.807, 2.05) is 36.7 Å². The molecule has 0 atom stereocenters. The minimum Gasteiger partial charge on any atom is -0.354 e. The van der Waals surface area contributed by atoms with Gasteiger partial charge in [0.15, 0.2) is 0 Å². The molecule has 0 spiro atoms. The molecule has 44 heavy (non-hydrogen) atoms. The fourth-order valence-electron chi connectivity index (χ4n) is 5.84. The Morgan fingerprint density at radius 1 is 0.386 bits per heavy atom. The third-order valence-corrected chi connectivity index (χ3v) is 8.09. The molecule has 0 saturated carbocycles. The number of aliphatic imine (C=N–C) groups is 2. The van der Waals surface area contributed by atoms with E-state index in [4.69, 9.17) is 9.98 Å². The number of nitrogens with one attached hydrogen (secondary N) is 2. The van der Waals surface area contributed by atoms with E-state index >= 15 is 0 Å². The highest BCUT2D eigenvalue weighted by molar-refractivity contribution is 6.03. The van der Waals surface area contributed by atoms with E-state index in [9.17, 15) is 0 Å². The molecule has 8 rings (SSSR count). The molecular formula is C40H28N4. The van der Waals surface area contributed by atoms with Crippen LogP contribution in [0.25, 0.3) is 55.1 Å². The number of aromatic amines is 2. The fourth-order valence-corrected chi connectivity index (χ4v) is 5.84. The lowest BCUT2D eigenvalue weighted by atomic mass is 10.0. The minimum absolute atomic E-state index is 0.902. The lowest BCUT2D eigenvalue weighted by Crippen LogP contribution is -1.93. The summed E-state index contributed by atoms with van der Waals surface area (Å²) < 4.78 is 0. The van der Waals surface area contributed by atoms with Crippen LogP contribution in [0.2, 0.25) is 0 Å². The van der Waals surface area contributed by atoms with Gasteiger partial charge in [0.1, 0.15) is 0 Å². The van der Waals surface area contributed by atoms with Gasteiger partial charge in [-0.25, -0.2) is 0 Å². The number of hydrogen-bond acceptors (Lipinski definition) is 2. The summed E-state index contributed by atoms with van der Waals surface area (Å²) in [7, 11) is 0. The maximum Gasteiger partial charge on any atom is 0.0723 e. The summed E-state index contributed by atoms with van der Waals surface area (Å²) in [6.07, 6.45) is 3.91. The largest absolute Gasteiger partial charge is 0.354 e. The summed E-state index contributed by atoms with van der Waals surface area (Å²) in [4.78, 5) is 17.2. The lowest BCUT2D eigenvalue weighted by Gasteiger charge is -2.07. The molecule has 0 aliphatic heterocycles. The van der Waals surface area contributed by atoms with Gasteiger partial charge in [-0.2, -0.15) is 0 Å². The number of aromatic nitrogens is 2. The Balaban J connectivity index is 1.19. The lowest BCUT2D eigenvalue weighted by molar-refractivity contribution is 1.42. The van der Waals surface area contributed by atoms with Crippen molar-refractivity contribution in [3.8, 4) is 22.5 Å². The summed E-state index contributed by atoms with van der Waals surface area (Å²) in [6.45, 7) is 0. The van der Waals surface area contributed by atoms with Gasteiger partial charge in [0.25, 0.3) is 0 Å². The summed E-state index contributed by atoms with van der Waals surface area (Å²) in [5.74, 6) is 0. The summed E-state index contributed by atoms with van der Waals surface area (Å²) in [5.41, 5.74) is 10.2. The van der Waals surface area contributed by atoms with Gasteiger partial charge in [-0.15, -0.1) is 0 Å². The van der Waals surface area contributed by atoms with Crippen molar-refractivity contribution in [2.24, 2.45) is 9.98 Å². The topological polar surface area (TPSA) is 56.3 Å². The Labute approximate surface area is 255 Å². The van der Waals surface area contributed by atoms with Crippen molar-refractivity contribution in [2.45, 2.75) is 0 Å². The molecule has 0 unspecified atom stereocenters. The Kier molecular flexibility index (Phi) is 6.43. The Morgan fingerprint density at radius 3 is 1.23 bits per heavy atom. The first-order valence-electron chi connectivity index (χ1n) is 14.7. The number of rotatable bonds is 6. The Hall–Kier alpha value is -6.00. The predicted octanol–water partition coefficient (Wildman–Crippen LogP) is 10.6.